The number of rotatable bonds is 6. The van der Waals surface area contributed by atoms with Gasteiger partial charge in [-0.2, -0.15) is 4.98 Å². The van der Waals surface area contributed by atoms with Gasteiger partial charge >= 0.3 is 0 Å². The topological polar surface area (TPSA) is 44.7 Å². The van der Waals surface area contributed by atoms with Gasteiger partial charge in [0.1, 0.15) is 0 Å². The molecule has 0 amide bonds. The maximum atomic E-state index is 5.51. The van der Waals surface area contributed by atoms with Gasteiger partial charge in [-0.25, -0.2) is 4.98 Å². The molecule has 25 heavy (non-hydrogen) atoms. The Morgan fingerprint density at radius 3 is 2.56 bits per heavy atom. The van der Waals surface area contributed by atoms with E-state index in [0.717, 1.165) is 31.5 Å². The standard InChI is InChI=1S/C19H33N5O/c1-3-25-18-5-8-20-19(21-18)24-10-4-9-22(15-16-24)13-14-23-11-6-17(2)7-12-23/h5,8,17H,3-4,6-7,9-16H2,1-2H3. The third-order valence-corrected chi connectivity index (χ3v) is 5.39. The second kappa shape index (κ2) is 9.34. The Kier molecular flexibility index (Phi) is 6.87. The summed E-state index contributed by atoms with van der Waals surface area (Å²) in [7, 11) is 0. The van der Waals surface area contributed by atoms with E-state index in [4.69, 9.17) is 4.74 Å². The molecule has 2 saturated heterocycles. The van der Waals surface area contributed by atoms with Crippen LogP contribution in [0.25, 0.3) is 0 Å². The lowest BCUT2D eigenvalue weighted by atomic mass is 9.99. The van der Waals surface area contributed by atoms with Gasteiger partial charge in [0.15, 0.2) is 0 Å². The van der Waals surface area contributed by atoms with Crippen molar-refractivity contribution in [2.24, 2.45) is 5.92 Å². The number of aromatic nitrogens is 2. The van der Waals surface area contributed by atoms with Crippen molar-refractivity contribution in [2.45, 2.75) is 33.1 Å². The molecule has 0 atom stereocenters. The second-order valence-electron chi connectivity index (χ2n) is 7.33. The summed E-state index contributed by atoms with van der Waals surface area (Å²) in [6, 6.07) is 1.83. The minimum Gasteiger partial charge on any atom is -0.478 e. The molecule has 6 heteroatoms. The van der Waals surface area contributed by atoms with E-state index in [1.165, 1.54) is 52.0 Å². The number of hydrogen-bond donors (Lipinski definition) is 0. The highest BCUT2D eigenvalue weighted by molar-refractivity contribution is 5.32. The van der Waals surface area contributed by atoms with Gasteiger partial charge in [0.25, 0.3) is 0 Å². The van der Waals surface area contributed by atoms with Crippen LogP contribution >= 0.6 is 0 Å². The van der Waals surface area contributed by atoms with Crippen LogP contribution in [0.15, 0.2) is 12.3 Å². The van der Waals surface area contributed by atoms with Crippen molar-refractivity contribution < 1.29 is 4.74 Å². The normalized spacial score (nSPS) is 21.3. The summed E-state index contributed by atoms with van der Waals surface area (Å²) in [4.78, 5) is 16.5. The fraction of sp³-hybridized carbons (Fsp3) is 0.789. The number of likely N-dealkylation sites (tertiary alicyclic amines) is 1. The van der Waals surface area contributed by atoms with Crippen molar-refractivity contribution in [2.75, 3.05) is 63.9 Å². The van der Waals surface area contributed by atoms with E-state index < -0.39 is 0 Å². The molecule has 140 valence electrons. The average molecular weight is 348 g/mol. The van der Waals surface area contributed by atoms with E-state index in [2.05, 4.69) is 31.6 Å². The lowest BCUT2D eigenvalue weighted by Gasteiger charge is -2.32. The molecule has 0 aliphatic carbocycles. The lowest BCUT2D eigenvalue weighted by molar-refractivity contribution is 0.164. The molecule has 2 aliphatic heterocycles. The quantitative estimate of drug-likeness (QED) is 0.785. The Morgan fingerprint density at radius 1 is 1.04 bits per heavy atom. The number of piperidine rings is 1. The average Bonchev–Trinajstić information content (AvgIpc) is 2.88. The van der Waals surface area contributed by atoms with Crippen LogP contribution in [0.4, 0.5) is 5.95 Å². The van der Waals surface area contributed by atoms with E-state index in [9.17, 15) is 0 Å². The van der Waals surface area contributed by atoms with E-state index in [1.807, 2.05) is 13.0 Å². The third kappa shape index (κ3) is 5.54. The van der Waals surface area contributed by atoms with Gasteiger partial charge in [0.05, 0.1) is 6.61 Å². The SMILES string of the molecule is CCOc1ccnc(N2CCCN(CCN3CCC(C)CC3)CC2)n1. The highest BCUT2D eigenvalue weighted by Gasteiger charge is 2.19. The minimum atomic E-state index is 0.638. The summed E-state index contributed by atoms with van der Waals surface area (Å²) in [6.07, 6.45) is 5.69. The van der Waals surface area contributed by atoms with Gasteiger partial charge in [0, 0.05) is 45.0 Å². The van der Waals surface area contributed by atoms with Crippen molar-refractivity contribution in [3.05, 3.63) is 12.3 Å². The summed E-state index contributed by atoms with van der Waals surface area (Å²) >= 11 is 0. The summed E-state index contributed by atoms with van der Waals surface area (Å²) in [5, 5.41) is 0. The molecule has 2 aliphatic rings. The van der Waals surface area contributed by atoms with Crippen molar-refractivity contribution in [3.63, 3.8) is 0 Å². The Balaban J connectivity index is 1.46. The van der Waals surface area contributed by atoms with E-state index in [1.54, 1.807) is 6.20 Å². The zero-order chi connectivity index (χ0) is 17.5. The van der Waals surface area contributed by atoms with Gasteiger partial charge < -0.3 is 19.4 Å². The molecule has 0 saturated carbocycles. The number of anilines is 1. The largest absolute Gasteiger partial charge is 0.478 e. The highest BCUT2D eigenvalue weighted by atomic mass is 16.5. The molecule has 1 aromatic heterocycles. The summed E-state index contributed by atoms with van der Waals surface area (Å²) < 4.78 is 5.51. The van der Waals surface area contributed by atoms with Crippen LogP contribution in [0.2, 0.25) is 0 Å². The van der Waals surface area contributed by atoms with Crippen molar-refractivity contribution in [3.8, 4) is 5.88 Å². The lowest BCUT2D eigenvalue weighted by Crippen LogP contribution is -2.40. The van der Waals surface area contributed by atoms with Crippen LogP contribution in [-0.2, 0) is 0 Å². The van der Waals surface area contributed by atoms with Crippen LogP contribution in [0, 0.1) is 5.92 Å². The molecule has 0 bridgehead atoms. The molecule has 1 aromatic rings. The molecule has 0 spiro atoms. The maximum Gasteiger partial charge on any atom is 0.228 e. The number of hydrogen-bond acceptors (Lipinski definition) is 6. The molecule has 6 nitrogen and oxygen atoms in total. The molecule has 0 radical (unpaired) electrons. The van der Waals surface area contributed by atoms with Crippen molar-refractivity contribution in [1.29, 1.82) is 0 Å². The first-order valence-corrected chi connectivity index (χ1v) is 9.90. The molecule has 0 unspecified atom stereocenters. The third-order valence-electron chi connectivity index (χ3n) is 5.39. The van der Waals surface area contributed by atoms with E-state index in [0.29, 0.717) is 12.5 Å². The maximum absolute atomic E-state index is 5.51. The first kappa shape index (κ1) is 18.4. The van der Waals surface area contributed by atoms with Crippen LogP contribution in [0.5, 0.6) is 5.88 Å². The van der Waals surface area contributed by atoms with Crippen molar-refractivity contribution >= 4 is 5.95 Å². The molecule has 2 fully saturated rings. The predicted molar refractivity (Wildman–Crippen MR) is 101 cm³/mol. The first-order valence-electron chi connectivity index (χ1n) is 9.90. The zero-order valence-electron chi connectivity index (χ0n) is 15.9. The molecular formula is C19H33N5O. The van der Waals surface area contributed by atoms with Gasteiger partial charge in [-0.15, -0.1) is 0 Å². The predicted octanol–water partition coefficient (Wildman–Crippen LogP) is 2.12. The summed E-state index contributed by atoms with van der Waals surface area (Å²) in [6.45, 7) is 14.2. The first-order chi connectivity index (χ1) is 12.2. The molecule has 3 heterocycles. The fourth-order valence-electron chi connectivity index (χ4n) is 3.68. The Hall–Kier alpha value is -1.40. The number of ether oxygens (including phenoxy) is 1. The molecular weight excluding hydrogens is 314 g/mol. The van der Waals surface area contributed by atoms with Crippen LogP contribution in [0.1, 0.15) is 33.1 Å². The zero-order valence-corrected chi connectivity index (χ0v) is 15.9. The Bertz CT molecular complexity index is 518. The molecule has 0 N–H and O–H groups in total. The molecule has 3 rings (SSSR count). The fourth-order valence-corrected chi connectivity index (χ4v) is 3.68. The Morgan fingerprint density at radius 2 is 1.80 bits per heavy atom. The Labute approximate surface area is 152 Å². The molecule has 0 aromatic carbocycles. The monoisotopic (exact) mass is 347 g/mol. The van der Waals surface area contributed by atoms with Crippen LogP contribution < -0.4 is 9.64 Å². The highest BCUT2D eigenvalue weighted by Crippen LogP contribution is 2.17. The number of nitrogens with zero attached hydrogens (tertiary/aromatic N) is 5. The van der Waals surface area contributed by atoms with Gasteiger partial charge in [0.2, 0.25) is 11.8 Å². The van der Waals surface area contributed by atoms with E-state index >= 15 is 0 Å². The minimum absolute atomic E-state index is 0.638. The second-order valence-corrected chi connectivity index (χ2v) is 7.33. The summed E-state index contributed by atoms with van der Waals surface area (Å²) in [5.41, 5.74) is 0. The van der Waals surface area contributed by atoms with E-state index in [-0.39, 0.29) is 0 Å². The van der Waals surface area contributed by atoms with Crippen molar-refractivity contribution in [1.82, 2.24) is 19.8 Å². The summed E-state index contributed by atoms with van der Waals surface area (Å²) in [5.74, 6) is 2.39. The van der Waals surface area contributed by atoms with Crippen LogP contribution in [0.3, 0.4) is 0 Å². The smallest absolute Gasteiger partial charge is 0.228 e. The van der Waals surface area contributed by atoms with Gasteiger partial charge in [-0.1, -0.05) is 6.92 Å². The van der Waals surface area contributed by atoms with Gasteiger partial charge in [-0.3, -0.25) is 0 Å². The van der Waals surface area contributed by atoms with Crippen LogP contribution in [-0.4, -0.2) is 78.7 Å². The van der Waals surface area contributed by atoms with Gasteiger partial charge in [-0.05, 0) is 51.7 Å².